The summed E-state index contributed by atoms with van der Waals surface area (Å²) in [5.74, 6) is 1.44. The first-order chi connectivity index (χ1) is 10.0. The van der Waals surface area contributed by atoms with Crippen molar-refractivity contribution >= 4 is 16.8 Å². The van der Waals surface area contributed by atoms with Crippen molar-refractivity contribution in [2.45, 2.75) is 19.3 Å². The van der Waals surface area contributed by atoms with Crippen molar-refractivity contribution in [1.82, 2.24) is 4.98 Å². The highest BCUT2D eigenvalue weighted by Crippen LogP contribution is 2.34. The van der Waals surface area contributed by atoms with Gasteiger partial charge in [-0.2, -0.15) is 0 Å². The van der Waals surface area contributed by atoms with E-state index in [1.165, 1.54) is 0 Å². The van der Waals surface area contributed by atoms with Crippen molar-refractivity contribution in [2.24, 2.45) is 0 Å². The summed E-state index contributed by atoms with van der Waals surface area (Å²) in [6.45, 7) is 4.17. The molecule has 1 aromatic heterocycles. The van der Waals surface area contributed by atoms with E-state index in [1.807, 2.05) is 42.5 Å². The fourth-order valence-electron chi connectivity index (χ4n) is 2.32. The Balaban J connectivity index is 2.07. The highest BCUT2D eigenvalue weighted by Gasteiger charge is 2.29. The zero-order valence-electron chi connectivity index (χ0n) is 12.4. The molecule has 4 heteroatoms. The van der Waals surface area contributed by atoms with Gasteiger partial charge in [-0.1, -0.05) is 12.1 Å². The summed E-state index contributed by atoms with van der Waals surface area (Å²) >= 11 is 0. The quantitative estimate of drug-likeness (QED) is 0.743. The minimum atomic E-state index is -0.333. The van der Waals surface area contributed by atoms with Crippen molar-refractivity contribution in [1.29, 1.82) is 0 Å². The number of ether oxygens (including phenoxy) is 1. The molecule has 0 saturated heterocycles. The molecule has 108 valence electrons. The van der Waals surface area contributed by atoms with Crippen LogP contribution in [0.2, 0.25) is 0 Å². The van der Waals surface area contributed by atoms with Crippen LogP contribution >= 0.6 is 0 Å². The second kappa shape index (κ2) is 4.81. The van der Waals surface area contributed by atoms with Crippen molar-refractivity contribution < 1.29 is 9.15 Å². The molecule has 0 amide bonds. The first kappa shape index (κ1) is 13.5. The van der Waals surface area contributed by atoms with Crippen LogP contribution in [-0.2, 0) is 5.41 Å². The number of nitrogens with two attached hydrogens (primary N) is 1. The molecular formula is C17H18N2O2. The molecule has 0 aliphatic rings. The summed E-state index contributed by atoms with van der Waals surface area (Å²) < 4.78 is 11.2. The van der Waals surface area contributed by atoms with Gasteiger partial charge in [-0.05, 0) is 43.7 Å². The Morgan fingerprint density at radius 3 is 2.48 bits per heavy atom. The van der Waals surface area contributed by atoms with E-state index in [9.17, 15) is 0 Å². The Morgan fingerprint density at radius 2 is 1.81 bits per heavy atom. The fourth-order valence-corrected chi connectivity index (χ4v) is 2.32. The predicted octanol–water partition coefficient (Wildman–Crippen LogP) is 3.74. The molecule has 2 N–H and O–H groups in total. The number of nitrogen functional groups attached to an aromatic ring is 1. The van der Waals surface area contributed by atoms with Crippen LogP contribution in [0, 0.1) is 0 Å². The summed E-state index contributed by atoms with van der Waals surface area (Å²) in [6, 6.07) is 13.4. The minimum Gasteiger partial charge on any atom is -0.497 e. The number of anilines is 1. The van der Waals surface area contributed by atoms with Crippen LogP contribution < -0.4 is 10.5 Å². The predicted molar refractivity (Wildman–Crippen MR) is 83.5 cm³/mol. The van der Waals surface area contributed by atoms with E-state index in [1.54, 1.807) is 7.11 Å². The first-order valence-electron chi connectivity index (χ1n) is 6.82. The Hall–Kier alpha value is -2.49. The van der Waals surface area contributed by atoms with E-state index in [4.69, 9.17) is 14.9 Å². The van der Waals surface area contributed by atoms with Crippen molar-refractivity contribution in [3.8, 4) is 5.75 Å². The molecule has 1 heterocycles. The molecule has 3 aromatic rings. The lowest BCUT2D eigenvalue weighted by molar-refractivity contribution is 0.411. The van der Waals surface area contributed by atoms with Gasteiger partial charge in [0.05, 0.1) is 12.5 Å². The van der Waals surface area contributed by atoms with E-state index >= 15 is 0 Å². The zero-order chi connectivity index (χ0) is 15.0. The van der Waals surface area contributed by atoms with Gasteiger partial charge in [0.25, 0.3) is 0 Å². The molecule has 0 atom stereocenters. The Kier molecular flexibility index (Phi) is 3.09. The number of rotatable bonds is 3. The number of methoxy groups -OCH3 is 1. The summed E-state index contributed by atoms with van der Waals surface area (Å²) in [7, 11) is 1.64. The fraction of sp³-hybridized carbons (Fsp3) is 0.235. The number of nitrogens with zero attached hydrogens (tertiary/aromatic N) is 1. The van der Waals surface area contributed by atoms with Gasteiger partial charge >= 0.3 is 0 Å². The lowest BCUT2D eigenvalue weighted by atomic mass is 9.84. The maximum Gasteiger partial charge on any atom is 0.205 e. The maximum absolute atomic E-state index is 5.94. The second-order valence-corrected chi connectivity index (χ2v) is 5.60. The largest absolute Gasteiger partial charge is 0.497 e. The van der Waals surface area contributed by atoms with Gasteiger partial charge in [-0.3, -0.25) is 0 Å². The van der Waals surface area contributed by atoms with Crippen molar-refractivity contribution in [2.75, 3.05) is 12.8 Å². The highest BCUT2D eigenvalue weighted by atomic mass is 16.5. The summed E-state index contributed by atoms with van der Waals surface area (Å²) in [6.07, 6.45) is 0. The molecule has 0 aliphatic heterocycles. The third kappa shape index (κ3) is 2.33. The Bertz CT molecular complexity index is 773. The smallest absolute Gasteiger partial charge is 0.205 e. The number of aromatic nitrogens is 1. The van der Waals surface area contributed by atoms with Gasteiger partial charge in [0.2, 0.25) is 5.89 Å². The molecule has 0 saturated carbocycles. The number of benzene rings is 2. The normalized spacial score (nSPS) is 11.8. The monoisotopic (exact) mass is 282 g/mol. The van der Waals surface area contributed by atoms with Crippen LogP contribution in [0.1, 0.15) is 25.3 Å². The van der Waals surface area contributed by atoms with Crippen molar-refractivity contribution in [3.05, 3.63) is 53.9 Å². The average molecular weight is 282 g/mol. The summed E-state index contributed by atoms with van der Waals surface area (Å²) in [4.78, 5) is 4.61. The highest BCUT2D eigenvalue weighted by molar-refractivity contribution is 5.74. The number of hydrogen-bond acceptors (Lipinski definition) is 4. The minimum absolute atomic E-state index is 0.333. The van der Waals surface area contributed by atoms with Gasteiger partial charge < -0.3 is 14.9 Å². The summed E-state index contributed by atoms with van der Waals surface area (Å²) in [5.41, 5.74) is 8.83. The van der Waals surface area contributed by atoms with E-state index in [-0.39, 0.29) is 5.41 Å². The van der Waals surface area contributed by atoms with Gasteiger partial charge in [0, 0.05) is 11.8 Å². The maximum atomic E-state index is 5.94. The molecule has 0 fully saturated rings. The lowest BCUT2D eigenvalue weighted by Gasteiger charge is -2.21. The molecular weight excluding hydrogens is 264 g/mol. The van der Waals surface area contributed by atoms with Crippen molar-refractivity contribution in [3.63, 3.8) is 0 Å². The molecule has 21 heavy (non-hydrogen) atoms. The van der Waals surface area contributed by atoms with Crippen LogP contribution in [0.25, 0.3) is 11.1 Å². The van der Waals surface area contributed by atoms with Crippen LogP contribution in [0.3, 0.4) is 0 Å². The number of fused-ring (bicyclic) bond motifs is 1. The average Bonchev–Trinajstić information content (AvgIpc) is 2.91. The van der Waals surface area contributed by atoms with Gasteiger partial charge in [0.1, 0.15) is 11.3 Å². The van der Waals surface area contributed by atoms with Gasteiger partial charge in [-0.25, -0.2) is 4.98 Å². The third-order valence-corrected chi connectivity index (χ3v) is 3.76. The number of hydrogen-bond donors (Lipinski definition) is 1. The number of oxazole rings is 1. The molecule has 0 radical (unpaired) electrons. The summed E-state index contributed by atoms with van der Waals surface area (Å²) in [5, 5.41) is 0. The van der Waals surface area contributed by atoms with Crippen LogP contribution in [0.4, 0.5) is 5.69 Å². The van der Waals surface area contributed by atoms with E-state index in [0.29, 0.717) is 5.89 Å². The molecule has 0 unspecified atom stereocenters. The molecule has 3 rings (SSSR count). The van der Waals surface area contributed by atoms with Crippen LogP contribution in [0.15, 0.2) is 46.9 Å². The van der Waals surface area contributed by atoms with E-state index in [2.05, 4.69) is 18.8 Å². The topological polar surface area (TPSA) is 61.3 Å². The zero-order valence-corrected chi connectivity index (χ0v) is 12.4. The van der Waals surface area contributed by atoms with Crippen LogP contribution in [0.5, 0.6) is 5.75 Å². The van der Waals surface area contributed by atoms with E-state index in [0.717, 1.165) is 28.1 Å². The second-order valence-electron chi connectivity index (χ2n) is 5.60. The van der Waals surface area contributed by atoms with Gasteiger partial charge in [-0.15, -0.1) is 0 Å². The standard InChI is InChI=1S/C17H18N2O2/c1-17(2,11-4-6-12(18)7-5-11)16-19-14-9-8-13(20-3)10-15(14)21-16/h4-10H,18H2,1-3H3. The molecule has 0 bridgehead atoms. The van der Waals surface area contributed by atoms with Gasteiger partial charge in [0.15, 0.2) is 5.58 Å². The molecule has 2 aromatic carbocycles. The third-order valence-electron chi connectivity index (χ3n) is 3.76. The Morgan fingerprint density at radius 1 is 1.10 bits per heavy atom. The molecule has 0 spiro atoms. The lowest BCUT2D eigenvalue weighted by Crippen LogP contribution is -2.19. The van der Waals surface area contributed by atoms with Crippen LogP contribution in [-0.4, -0.2) is 12.1 Å². The first-order valence-corrected chi connectivity index (χ1v) is 6.82. The Labute approximate surface area is 123 Å². The SMILES string of the molecule is COc1ccc2nc(C(C)(C)c3ccc(N)cc3)oc2c1. The molecule has 0 aliphatic carbocycles. The molecule has 4 nitrogen and oxygen atoms in total. The van der Waals surface area contributed by atoms with E-state index < -0.39 is 0 Å².